The molecule has 0 atom stereocenters. The van der Waals surface area contributed by atoms with Gasteiger partial charge < -0.3 is 10.2 Å². The summed E-state index contributed by atoms with van der Waals surface area (Å²) in [6, 6.07) is 0. The van der Waals surface area contributed by atoms with Gasteiger partial charge in [0.15, 0.2) is 5.69 Å². The molecule has 0 spiro atoms. The van der Waals surface area contributed by atoms with Crippen LogP contribution >= 0.6 is 0 Å². The van der Waals surface area contributed by atoms with E-state index >= 15 is 0 Å². The van der Waals surface area contributed by atoms with Crippen LogP contribution in [-0.4, -0.2) is 32.1 Å². The van der Waals surface area contributed by atoms with Crippen molar-refractivity contribution in [3.63, 3.8) is 0 Å². The zero-order valence-corrected chi connectivity index (χ0v) is 11.7. The van der Waals surface area contributed by atoms with Crippen molar-refractivity contribution < 1.29 is 15.0 Å². The summed E-state index contributed by atoms with van der Waals surface area (Å²) in [6.07, 6.45) is 7.75. The first kappa shape index (κ1) is 13.6. The van der Waals surface area contributed by atoms with Crippen LogP contribution in [0.3, 0.4) is 0 Å². The molecule has 5 heteroatoms. The Bertz CT molecular complexity index is 501. The number of aromatic nitrogens is 2. The van der Waals surface area contributed by atoms with Crippen molar-refractivity contribution in [3.05, 3.63) is 17.0 Å². The minimum atomic E-state index is -0.900. The summed E-state index contributed by atoms with van der Waals surface area (Å²) in [7, 11) is 0. The molecule has 0 aliphatic heterocycles. The average Bonchev–Trinajstić information content (AvgIpc) is 3.00. The lowest BCUT2D eigenvalue weighted by atomic mass is 9.85. The summed E-state index contributed by atoms with van der Waals surface area (Å²) in [5.41, 5.74) is 2.35. The monoisotopic (exact) mass is 278 g/mol. The lowest BCUT2D eigenvalue weighted by Crippen LogP contribution is -2.20. The average molecular weight is 278 g/mol. The second-order valence-corrected chi connectivity index (χ2v) is 6.12. The van der Waals surface area contributed by atoms with Gasteiger partial charge >= 0.3 is 5.97 Å². The number of aryl methyl sites for hydroxylation is 1. The van der Waals surface area contributed by atoms with Crippen LogP contribution in [0, 0.1) is 5.92 Å². The van der Waals surface area contributed by atoms with Crippen LogP contribution in [0.2, 0.25) is 0 Å². The van der Waals surface area contributed by atoms with E-state index in [-0.39, 0.29) is 11.8 Å². The fourth-order valence-corrected chi connectivity index (χ4v) is 3.60. The zero-order chi connectivity index (χ0) is 14.1. The van der Waals surface area contributed by atoms with Gasteiger partial charge in [0.1, 0.15) is 0 Å². The highest BCUT2D eigenvalue weighted by molar-refractivity contribution is 5.87. The number of hydrogen-bond donors (Lipinski definition) is 2. The van der Waals surface area contributed by atoms with Crippen molar-refractivity contribution in [1.82, 2.24) is 9.78 Å². The van der Waals surface area contributed by atoms with Crippen LogP contribution in [0.15, 0.2) is 0 Å². The molecule has 0 amide bonds. The summed E-state index contributed by atoms with van der Waals surface area (Å²) >= 11 is 0. The molecule has 3 rings (SSSR count). The number of aliphatic hydroxyl groups excluding tert-OH is 1. The van der Waals surface area contributed by atoms with Gasteiger partial charge in [0.05, 0.1) is 6.10 Å². The highest BCUT2D eigenvalue weighted by Crippen LogP contribution is 2.29. The van der Waals surface area contributed by atoms with Crippen molar-refractivity contribution in [2.24, 2.45) is 5.92 Å². The Morgan fingerprint density at radius 1 is 1.25 bits per heavy atom. The molecule has 2 aliphatic rings. The summed E-state index contributed by atoms with van der Waals surface area (Å²) in [4.78, 5) is 11.2. The predicted molar refractivity (Wildman–Crippen MR) is 73.8 cm³/mol. The van der Waals surface area contributed by atoms with Crippen LogP contribution < -0.4 is 0 Å². The molecule has 110 valence electrons. The fraction of sp³-hybridized carbons (Fsp3) is 0.733. The molecule has 2 N–H and O–H groups in total. The molecule has 2 aliphatic carbocycles. The van der Waals surface area contributed by atoms with Gasteiger partial charge in [-0.2, -0.15) is 5.10 Å². The van der Waals surface area contributed by atoms with Crippen LogP contribution in [0.1, 0.15) is 60.3 Å². The standard InChI is InChI=1S/C15H22N2O3/c18-11-6-4-10(5-7-11)8-9-17-13-3-1-2-12(13)14(16-17)15(19)20/h10-11,18H,1-9H2,(H,19,20). The predicted octanol–water partition coefficient (Wildman–Crippen LogP) is 2.01. The van der Waals surface area contributed by atoms with Gasteiger partial charge in [0.2, 0.25) is 0 Å². The molecule has 1 heterocycles. The molecule has 0 saturated heterocycles. The maximum atomic E-state index is 11.2. The van der Waals surface area contributed by atoms with Crippen molar-refractivity contribution in [3.8, 4) is 0 Å². The molecular weight excluding hydrogens is 256 g/mol. The van der Waals surface area contributed by atoms with Gasteiger partial charge in [0.25, 0.3) is 0 Å². The van der Waals surface area contributed by atoms with Crippen molar-refractivity contribution in [2.75, 3.05) is 0 Å². The Morgan fingerprint density at radius 3 is 2.70 bits per heavy atom. The first-order valence-electron chi connectivity index (χ1n) is 7.65. The van der Waals surface area contributed by atoms with Crippen molar-refractivity contribution in [1.29, 1.82) is 0 Å². The smallest absolute Gasteiger partial charge is 0.356 e. The number of carboxylic acid groups (broad SMARTS) is 1. The zero-order valence-electron chi connectivity index (χ0n) is 11.7. The van der Waals surface area contributed by atoms with E-state index < -0.39 is 5.97 Å². The van der Waals surface area contributed by atoms with Gasteiger partial charge in [-0.15, -0.1) is 0 Å². The maximum Gasteiger partial charge on any atom is 0.356 e. The Morgan fingerprint density at radius 2 is 2.00 bits per heavy atom. The van der Waals surface area contributed by atoms with E-state index in [1.54, 1.807) is 0 Å². The van der Waals surface area contributed by atoms with Gasteiger partial charge in [0, 0.05) is 17.8 Å². The van der Waals surface area contributed by atoms with Crippen LogP contribution in [-0.2, 0) is 19.4 Å². The third-order valence-electron chi connectivity index (χ3n) is 4.77. The van der Waals surface area contributed by atoms with E-state index in [9.17, 15) is 15.0 Å². The summed E-state index contributed by atoms with van der Waals surface area (Å²) < 4.78 is 1.93. The minimum absolute atomic E-state index is 0.112. The number of carbonyl (C=O) groups is 1. The summed E-state index contributed by atoms with van der Waals surface area (Å²) in [5, 5.41) is 23.0. The largest absolute Gasteiger partial charge is 0.476 e. The topological polar surface area (TPSA) is 75.3 Å². The summed E-state index contributed by atoms with van der Waals surface area (Å²) in [5.74, 6) is -0.254. The van der Waals surface area contributed by atoms with E-state index in [1.165, 1.54) is 0 Å². The molecule has 0 radical (unpaired) electrons. The number of nitrogens with zero attached hydrogens (tertiary/aromatic N) is 2. The number of aromatic carboxylic acids is 1. The van der Waals surface area contributed by atoms with E-state index in [2.05, 4.69) is 5.10 Å². The van der Waals surface area contributed by atoms with E-state index in [4.69, 9.17) is 0 Å². The fourth-order valence-electron chi connectivity index (χ4n) is 3.60. The first-order valence-corrected chi connectivity index (χ1v) is 7.65. The van der Waals surface area contributed by atoms with Crippen molar-refractivity contribution >= 4 is 5.97 Å². The minimum Gasteiger partial charge on any atom is -0.476 e. The van der Waals surface area contributed by atoms with Crippen molar-refractivity contribution in [2.45, 2.75) is 64.0 Å². The Kier molecular flexibility index (Phi) is 3.78. The molecule has 0 bridgehead atoms. The Labute approximate surface area is 118 Å². The van der Waals surface area contributed by atoms with Gasteiger partial charge in [-0.25, -0.2) is 4.79 Å². The second-order valence-electron chi connectivity index (χ2n) is 6.12. The number of carboxylic acids is 1. The van der Waals surface area contributed by atoms with Crippen LogP contribution in [0.5, 0.6) is 0 Å². The molecule has 20 heavy (non-hydrogen) atoms. The number of aliphatic hydroxyl groups is 1. The van der Waals surface area contributed by atoms with E-state index in [1.807, 2.05) is 4.68 Å². The van der Waals surface area contributed by atoms with Gasteiger partial charge in [-0.3, -0.25) is 4.68 Å². The third kappa shape index (κ3) is 2.59. The normalized spacial score (nSPS) is 25.6. The molecule has 5 nitrogen and oxygen atoms in total. The number of hydrogen-bond acceptors (Lipinski definition) is 3. The van der Waals surface area contributed by atoms with E-state index in [0.717, 1.165) is 69.2 Å². The highest BCUT2D eigenvalue weighted by atomic mass is 16.4. The Hall–Kier alpha value is -1.36. The molecule has 0 aromatic carbocycles. The molecule has 1 aromatic rings. The maximum absolute atomic E-state index is 11.2. The molecule has 0 unspecified atom stereocenters. The first-order chi connectivity index (χ1) is 9.65. The lowest BCUT2D eigenvalue weighted by Gasteiger charge is -2.25. The second kappa shape index (κ2) is 5.56. The van der Waals surface area contributed by atoms with Crippen LogP contribution in [0.4, 0.5) is 0 Å². The molecule has 1 saturated carbocycles. The number of fused-ring (bicyclic) bond motifs is 1. The molecule has 1 aromatic heterocycles. The summed E-state index contributed by atoms with van der Waals surface area (Å²) in [6.45, 7) is 0.816. The SMILES string of the molecule is O=C(O)c1nn(CCC2CCC(O)CC2)c2c1CCC2. The van der Waals surface area contributed by atoms with Gasteiger partial charge in [-0.1, -0.05) is 0 Å². The van der Waals surface area contributed by atoms with Gasteiger partial charge in [-0.05, 0) is 57.3 Å². The number of rotatable bonds is 4. The van der Waals surface area contributed by atoms with Crippen LogP contribution in [0.25, 0.3) is 0 Å². The van der Waals surface area contributed by atoms with E-state index in [0.29, 0.717) is 5.92 Å². The Balaban J connectivity index is 1.66. The lowest BCUT2D eigenvalue weighted by molar-refractivity contribution is 0.0687. The quantitative estimate of drug-likeness (QED) is 0.883. The molecule has 1 fully saturated rings. The third-order valence-corrected chi connectivity index (χ3v) is 4.77. The molecular formula is C15H22N2O3. The highest BCUT2D eigenvalue weighted by Gasteiger charge is 2.26.